The van der Waals surface area contributed by atoms with Crippen LogP contribution in [-0.4, -0.2) is 32.9 Å². The lowest BCUT2D eigenvalue weighted by molar-refractivity contribution is -0.148. The predicted octanol–water partition coefficient (Wildman–Crippen LogP) is 3.46. The maximum atomic E-state index is 12.8. The number of unbranched alkanes of at least 4 members (excludes halogenated alkanes) is 2. The molecule has 2 unspecified atom stereocenters. The van der Waals surface area contributed by atoms with Crippen LogP contribution >= 0.6 is 0 Å². The van der Waals surface area contributed by atoms with E-state index in [4.69, 9.17) is 11.3 Å². The first-order valence-corrected chi connectivity index (χ1v) is 9.55. The third kappa shape index (κ3) is 4.63. The van der Waals surface area contributed by atoms with Crippen molar-refractivity contribution in [3.8, 4) is 0 Å². The predicted molar refractivity (Wildman–Crippen MR) is 103 cm³/mol. The smallest absolute Gasteiger partial charge is 0.302 e. The average Bonchev–Trinajstić information content (AvgIpc) is 3.23. The quantitative estimate of drug-likeness (QED) is 0.398. The third-order valence-corrected chi connectivity index (χ3v) is 5.10. The largest absolute Gasteiger partial charge is 0.462 e. The lowest BCUT2D eigenvalue weighted by Gasteiger charge is -2.22. The van der Waals surface area contributed by atoms with Gasteiger partial charge in [-0.3, -0.25) is 14.3 Å². The molecule has 1 aliphatic rings. The standard InChI is InChI=1S/C21H24N4O3/c1-14(26)28-20(8-6-4-5-7-17-13-25(3)24-23-17)19-12-15-11-16(22-2)9-10-18(15)21(19)27/h9-11,13,19-20H,4-8,12H2,1,3H3. The van der Waals surface area contributed by atoms with Crippen LogP contribution in [0.4, 0.5) is 5.69 Å². The first-order valence-electron chi connectivity index (χ1n) is 9.55. The van der Waals surface area contributed by atoms with Crippen molar-refractivity contribution in [2.75, 3.05) is 0 Å². The van der Waals surface area contributed by atoms with Gasteiger partial charge in [0, 0.05) is 25.7 Å². The molecule has 0 fully saturated rings. The summed E-state index contributed by atoms with van der Waals surface area (Å²) in [4.78, 5) is 27.8. The molecule has 1 aromatic carbocycles. The molecule has 0 amide bonds. The molecule has 1 aromatic heterocycles. The second-order valence-electron chi connectivity index (χ2n) is 7.26. The fourth-order valence-electron chi connectivity index (χ4n) is 3.78. The number of ketones is 1. The Bertz CT molecular complexity index is 913. The highest BCUT2D eigenvalue weighted by molar-refractivity contribution is 6.03. The summed E-state index contributed by atoms with van der Waals surface area (Å²) in [6, 6.07) is 5.15. The molecule has 0 bridgehead atoms. The summed E-state index contributed by atoms with van der Waals surface area (Å²) < 4.78 is 7.20. The molecular weight excluding hydrogens is 356 g/mol. The van der Waals surface area contributed by atoms with E-state index >= 15 is 0 Å². The monoisotopic (exact) mass is 380 g/mol. The first-order chi connectivity index (χ1) is 13.5. The van der Waals surface area contributed by atoms with Crippen LogP contribution in [0.15, 0.2) is 24.4 Å². The van der Waals surface area contributed by atoms with E-state index < -0.39 is 6.10 Å². The molecule has 0 saturated carbocycles. The van der Waals surface area contributed by atoms with E-state index in [0.29, 0.717) is 24.1 Å². The highest BCUT2D eigenvalue weighted by atomic mass is 16.5. The SMILES string of the molecule is [C-]#[N+]c1ccc2c(c1)CC(C(CCCCCc1cn(C)nn1)OC(C)=O)C2=O. The van der Waals surface area contributed by atoms with Gasteiger partial charge in [-0.05, 0) is 37.7 Å². The van der Waals surface area contributed by atoms with Gasteiger partial charge in [0.25, 0.3) is 0 Å². The van der Waals surface area contributed by atoms with Gasteiger partial charge in [0.1, 0.15) is 6.10 Å². The van der Waals surface area contributed by atoms with Crippen LogP contribution in [0, 0.1) is 12.5 Å². The Kier molecular flexibility index (Phi) is 6.19. The Labute approximate surface area is 164 Å². The number of carbonyl (C=O) groups excluding carboxylic acids is 2. The molecule has 0 N–H and O–H groups in total. The molecule has 7 heteroatoms. The fraction of sp³-hybridized carbons (Fsp3) is 0.476. The Morgan fingerprint density at radius 1 is 1.39 bits per heavy atom. The van der Waals surface area contributed by atoms with Gasteiger partial charge in [0.05, 0.1) is 18.2 Å². The average molecular weight is 380 g/mol. The second-order valence-corrected chi connectivity index (χ2v) is 7.26. The van der Waals surface area contributed by atoms with Crippen LogP contribution in [0.3, 0.4) is 0 Å². The number of carbonyl (C=O) groups is 2. The second kappa shape index (κ2) is 8.79. The fourth-order valence-corrected chi connectivity index (χ4v) is 3.78. The van der Waals surface area contributed by atoms with E-state index in [0.717, 1.165) is 36.9 Å². The zero-order chi connectivity index (χ0) is 20.1. The van der Waals surface area contributed by atoms with Gasteiger partial charge in [-0.2, -0.15) is 0 Å². The minimum absolute atomic E-state index is 0.0114. The van der Waals surface area contributed by atoms with Gasteiger partial charge < -0.3 is 4.74 Å². The molecule has 0 spiro atoms. The summed E-state index contributed by atoms with van der Waals surface area (Å²) in [7, 11) is 1.85. The van der Waals surface area contributed by atoms with Gasteiger partial charge in [-0.25, -0.2) is 4.85 Å². The van der Waals surface area contributed by atoms with Crippen molar-refractivity contribution in [1.82, 2.24) is 15.0 Å². The number of nitrogens with zero attached hydrogens (tertiary/aromatic N) is 4. The van der Waals surface area contributed by atoms with Crippen LogP contribution < -0.4 is 0 Å². The maximum absolute atomic E-state index is 12.8. The van der Waals surface area contributed by atoms with Gasteiger partial charge in [0.2, 0.25) is 0 Å². The van der Waals surface area contributed by atoms with Crippen molar-refractivity contribution in [2.24, 2.45) is 13.0 Å². The van der Waals surface area contributed by atoms with Crippen LogP contribution in [-0.2, 0) is 29.4 Å². The molecule has 0 saturated heterocycles. The van der Waals surface area contributed by atoms with Crippen LogP contribution in [0.1, 0.15) is 54.2 Å². The lowest BCUT2D eigenvalue weighted by Crippen LogP contribution is -2.30. The van der Waals surface area contributed by atoms with Crippen molar-refractivity contribution in [3.63, 3.8) is 0 Å². The molecule has 1 aliphatic carbocycles. The summed E-state index contributed by atoms with van der Waals surface area (Å²) >= 11 is 0. The summed E-state index contributed by atoms with van der Waals surface area (Å²) in [5.74, 6) is -0.715. The van der Waals surface area contributed by atoms with Crippen molar-refractivity contribution in [1.29, 1.82) is 0 Å². The molecular formula is C21H24N4O3. The minimum Gasteiger partial charge on any atom is -0.462 e. The number of hydrogen-bond donors (Lipinski definition) is 0. The van der Waals surface area contributed by atoms with E-state index in [-0.39, 0.29) is 17.7 Å². The Morgan fingerprint density at radius 3 is 2.89 bits per heavy atom. The number of Topliss-reactive ketones (excluding diaryl/α,β-unsaturated/α-hetero) is 1. The molecule has 7 nitrogen and oxygen atoms in total. The van der Waals surface area contributed by atoms with Gasteiger partial charge >= 0.3 is 5.97 Å². The molecule has 28 heavy (non-hydrogen) atoms. The highest BCUT2D eigenvalue weighted by Gasteiger charge is 2.37. The normalized spacial score (nSPS) is 16.5. The van der Waals surface area contributed by atoms with Crippen LogP contribution in [0.25, 0.3) is 4.85 Å². The molecule has 0 aliphatic heterocycles. The molecule has 146 valence electrons. The van der Waals surface area contributed by atoms with E-state index in [1.165, 1.54) is 6.92 Å². The van der Waals surface area contributed by atoms with E-state index in [1.807, 2.05) is 13.2 Å². The number of esters is 1. The number of benzene rings is 1. The van der Waals surface area contributed by atoms with Crippen molar-refractivity contribution in [3.05, 3.63) is 52.6 Å². The van der Waals surface area contributed by atoms with E-state index in [1.54, 1.807) is 22.9 Å². The van der Waals surface area contributed by atoms with Crippen LogP contribution in [0.5, 0.6) is 0 Å². The topological polar surface area (TPSA) is 78.4 Å². The van der Waals surface area contributed by atoms with Crippen LogP contribution in [0.2, 0.25) is 0 Å². The summed E-state index contributed by atoms with van der Waals surface area (Å²) in [5.41, 5.74) is 3.02. The molecule has 3 rings (SSSR count). The highest BCUT2D eigenvalue weighted by Crippen LogP contribution is 2.34. The lowest BCUT2D eigenvalue weighted by atomic mass is 9.93. The minimum atomic E-state index is -0.426. The van der Waals surface area contributed by atoms with Crippen molar-refractivity contribution in [2.45, 2.75) is 51.6 Å². The number of fused-ring (bicyclic) bond motifs is 1. The number of hydrogen-bond acceptors (Lipinski definition) is 5. The zero-order valence-corrected chi connectivity index (χ0v) is 16.2. The summed E-state index contributed by atoms with van der Waals surface area (Å²) in [5, 5.41) is 8.00. The number of aromatic nitrogens is 3. The first kappa shape index (κ1) is 19.7. The summed E-state index contributed by atoms with van der Waals surface area (Å²) in [6.07, 6.45) is 6.32. The number of rotatable bonds is 8. The third-order valence-electron chi connectivity index (χ3n) is 5.10. The Balaban J connectivity index is 1.57. The molecule has 2 aromatic rings. The van der Waals surface area contributed by atoms with E-state index in [9.17, 15) is 9.59 Å². The number of aryl methyl sites for hydroxylation is 2. The maximum Gasteiger partial charge on any atom is 0.302 e. The Morgan fingerprint density at radius 2 is 2.21 bits per heavy atom. The van der Waals surface area contributed by atoms with Crippen molar-refractivity contribution >= 4 is 17.4 Å². The van der Waals surface area contributed by atoms with Gasteiger partial charge in [-0.15, -0.1) is 5.10 Å². The summed E-state index contributed by atoms with van der Waals surface area (Å²) in [6.45, 7) is 8.52. The van der Waals surface area contributed by atoms with Crippen molar-refractivity contribution < 1.29 is 14.3 Å². The van der Waals surface area contributed by atoms with Gasteiger partial charge in [-0.1, -0.05) is 29.8 Å². The van der Waals surface area contributed by atoms with E-state index in [2.05, 4.69) is 15.2 Å². The molecule has 0 radical (unpaired) electrons. The molecule has 2 atom stereocenters. The number of ether oxygens (including phenoxy) is 1. The molecule has 1 heterocycles. The Hall–Kier alpha value is -3.01. The zero-order valence-electron chi connectivity index (χ0n) is 16.2. The van der Waals surface area contributed by atoms with Gasteiger partial charge in [0.15, 0.2) is 11.5 Å².